The summed E-state index contributed by atoms with van der Waals surface area (Å²) in [7, 11) is 0. The molecular weight excluding hydrogens is 258 g/mol. The van der Waals surface area contributed by atoms with Gasteiger partial charge >= 0.3 is 5.97 Å². The Morgan fingerprint density at radius 1 is 1.21 bits per heavy atom. The zero-order valence-electron chi connectivity index (χ0n) is 13.0. The molecule has 0 radical (unpaired) electrons. The van der Waals surface area contributed by atoms with E-state index in [1.54, 1.807) is 6.92 Å². The van der Waals surface area contributed by atoms with E-state index in [9.17, 15) is 9.90 Å². The summed E-state index contributed by atoms with van der Waals surface area (Å²) in [6.45, 7) is 8.00. The Morgan fingerprint density at radius 3 is 2.26 bits per heavy atom. The van der Waals surface area contributed by atoms with Crippen LogP contribution in [-0.4, -0.2) is 34.2 Å². The molecule has 19 heavy (non-hydrogen) atoms. The molecule has 0 heterocycles. The third-order valence-electron chi connectivity index (χ3n) is 3.19. The van der Waals surface area contributed by atoms with Gasteiger partial charge in [0, 0.05) is 6.04 Å². The van der Waals surface area contributed by atoms with Crippen molar-refractivity contribution in [1.82, 2.24) is 5.32 Å². The summed E-state index contributed by atoms with van der Waals surface area (Å²) in [5.41, 5.74) is -0.777. The van der Waals surface area contributed by atoms with E-state index in [1.165, 1.54) is 25.0 Å². The van der Waals surface area contributed by atoms with E-state index < -0.39 is 11.5 Å². The molecule has 0 saturated heterocycles. The minimum atomic E-state index is -0.777. The number of hydrogen-bond donors (Lipinski definition) is 2. The fourth-order valence-electron chi connectivity index (χ4n) is 2.12. The van der Waals surface area contributed by atoms with Gasteiger partial charge in [-0.25, -0.2) is 0 Å². The number of carboxylic acids is 1. The highest BCUT2D eigenvalue weighted by Crippen LogP contribution is 2.17. The molecule has 114 valence electrons. The van der Waals surface area contributed by atoms with Gasteiger partial charge in [-0.1, -0.05) is 26.2 Å². The van der Waals surface area contributed by atoms with Gasteiger partial charge in [0.25, 0.3) is 0 Å². The summed E-state index contributed by atoms with van der Waals surface area (Å²) in [6.07, 6.45) is 6.70. The molecular formula is C15H31NO2S. The van der Waals surface area contributed by atoms with E-state index in [0.717, 1.165) is 18.6 Å². The van der Waals surface area contributed by atoms with Gasteiger partial charge in [-0.15, -0.1) is 0 Å². The summed E-state index contributed by atoms with van der Waals surface area (Å²) in [4.78, 5) is 11.3. The van der Waals surface area contributed by atoms with Crippen molar-refractivity contribution in [1.29, 1.82) is 0 Å². The van der Waals surface area contributed by atoms with Gasteiger partial charge in [0.2, 0.25) is 0 Å². The third kappa shape index (κ3) is 9.33. The lowest BCUT2D eigenvalue weighted by Crippen LogP contribution is -2.52. The van der Waals surface area contributed by atoms with Crippen molar-refractivity contribution >= 4 is 17.7 Å². The van der Waals surface area contributed by atoms with Crippen molar-refractivity contribution in [3.63, 3.8) is 0 Å². The molecule has 3 nitrogen and oxygen atoms in total. The molecule has 0 aromatic heterocycles. The minimum absolute atomic E-state index is 0.199. The van der Waals surface area contributed by atoms with Crippen LogP contribution in [0.2, 0.25) is 0 Å². The molecule has 0 bridgehead atoms. The SMILES string of the molecule is CCCCCSCCCCC(C)(NC(C)C)C(=O)O. The Bertz CT molecular complexity index is 246. The predicted octanol–water partition coefficient (Wildman–Crippen LogP) is 3.92. The summed E-state index contributed by atoms with van der Waals surface area (Å²) >= 11 is 2.00. The number of carbonyl (C=O) groups is 1. The van der Waals surface area contributed by atoms with Gasteiger partial charge < -0.3 is 5.11 Å². The number of carboxylic acid groups (broad SMARTS) is 1. The van der Waals surface area contributed by atoms with Crippen molar-refractivity contribution in [2.75, 3.05) is 11.5 Å². The lowest BCUT2D eigenvalue weighted by atomic mass is 9.94. The molecule has 0 fully saturated rings. The smallest absolute Gasteiger partial charge is 0.323 e. The average Bonchev–Trinajstić information content (AvgIpc) is 2.31. The van der Waals surface area contributed by atoms with E-state index in [4.69, 9.17) is 0 Å². The first-order chi connectivity index (χ1) is 8.92. The normalized spacial score (nSPS) is 14.6. The second-order valence-electron chi connectivity index (χ2n) is 5.71. The number of thioether (sulfide) groups is 1. The Morgan fingerprint density at radius 2 is 1.79 bits per heavy atom. The van der Waals surface area contributed by atoms with Crippen LogP contribution >= 0.6 is 11.8 Å². The first-order valence-electron chi connectivity index (χ1n) is 7.51. The van der Waals surface area contributed by atoms with E-state index in [0.29, 0.717) is 6.42 Å². The Balaban J connectivity index is 3.74. The maximum atomic E-state index is 11.3. The molecule has 0 spiro atoms. The predicted molar refractivity (Wildman–Crippen MR) is 85.0 cm³/mol. The molecule has 0 aliphatic carbocycles. The molecule has 0 aliphatic rings. The molecule has 0 amide bonds. The van der Waals surface area contributed by atoms with Crippen LogP contribution < -0.4 is 5.32 Å². The van der Waals surface area contributed by atoms with Crippen LogP contribution in [0.3, 0.4) is 0 Å². The van der Waals surface area contributed by atoms with E-state index >= 15 is 0 Å². The van der Waals surface area contributed by atoms with E-state index in [1.807, 2.05) is 25.6 Å². The minimum Gasteiger partial charge on any atom is -0.480 e. The zero-order chi connectivity index (χ0) is 14.7. The Labute approximate surface area is 122 Å². The van der Waals surface area contributed by atoms with Crippen LogP contribution in [0.4, 0.5) is 0 Å². The van der Waals surface area contributed by atoms with Crippen LogP contribution in [0.25, 0.3) is 0 Å². The first-order valence-corrected chi connectivity index (χ1v) is 8.66. The highest BCUT2D eigenvalue weighted by atomic mass is 32.2. The van der Waals surface area contributed by atoms with Crippen LogP contribution in [0, 0.1) is 0 Å². The second kappa shape index (κ2) is 10.6. The van der Waals surface area contributed by atoms with Gasteiger partial charge in [0.05, 0.1) is 0 Å². The van der Waals surface area contributed by atoms with Gasteiger partial charge in [-0.2, -0.15) is 11.8 Å². The first kappa shape index (κ1) is 18.8. The lowest BCUT2D eigenvalue weighted by Gasteiger charge is -2.28. The molecule has 1 unspecified atom stereocenters. The van der Waals surface area contributed by atoms with Gasteiger partial charge in [-0.3, -0.25) is 10.1 Å². The van der Waals surface area contributed by atoms with Crippen LogP contribution in [0.5, 0.6) is 0 Å². The molecule has 0 aromatic carbocycles. The van der Waals surface area contributed by atoms with Gasteiger partial charge in [-0.05, 0) is 51.5 Å². The molecule has 0 aliphatic heterocycles. The number of hydrogen-bond acceptors (Lipinski definition) is 3. The quantitative estimate of drug-likeness (QED) is 0.535. The van der Waals surface area contributed by atoms with Gasteiger partial charge in [0.15, 0.2) is 0 Å². The summed E-state index contributed by atoms with van der Waals surface area (Å²) < 4.78 is 0. The van der Waals surface area contributed by atoms with E-state index in [-0.39, 0.29) is 6.04 Å². The summed E-state index contributed by atoms with van der Waals surface area (Å²) in [6, 6.07) is 0.199. The Hall–Kier alpha value is -0.220. The summed E-state index contributed by atoms with van der Waals surface area (Å²) in [5, 5.41) is 12.5. The maximum absolute atomic E-state index is 11.3. The number of unbranched alkanes of at least 4 members (excludes halogenated alkanes) is 3. The largest absolute Gasteiger partial charge is 0.480 e. The van der Waals surface area contributed by atoms with Crippen molar-refractivity contribution in [2.45, 2.75) is 77.8 Å². The lowest BCUT2D eigenvalue weighted by molar-refractivity contribution is -0.144. The zero-order valence-corrected chi connectivity index (χ0v) is 13.8. The van der Waals surface area contributed by atoms with Crippen LogP contribution in [0.15, 0.2) is 0 Å². The fourth-order valence-corrected chi connectivity index (χ4v) is 3.14. The number of rotatable bonds is 12. The van der Waals surface area contributed by atoms with Crippen molar-refractivity contribution < 1.29 is 9.90 Å². The highest BCUT2D eigenvalue weighted by Gasteiger charge is 2.32. The molecule has 1 atom stereocenters. The monoisotopic (exact) mass is 289 g/mol. The van der Waals surface area contributed by atoms with E-state index in [2.05, 4.69) is 12.2 Å². The molecule has 0 rings (SSSR count). The van der Waals surface area contributed by atoms with Crippen molar-refractivity contribution in [3.05, 3.63) is 0 Å². The Kier molecular flexibility index (Phi) is 10.4. The second-order valence-corrected chi connectivity index (χ2v) is 6.94. The standard InChI is InChI=1S/C15H31NO2S/c1-5-6-8-11-19-12-9-7-10-15(4,14(17)18)16-13(2)3/h13,16H,5-12H2,1-4H3,(H,17,18). The maximum Gasteiger partial charge on any atom is 0.323 e. The van der Waals surface area contributed by atoms with Crippen LogP contribution in [0.1, 0.15) is 66.2 Å². The highest BCUT2D eigenvalue weighted by molar-refractivity contribution is 7.99. The number of nitrogens with one attached hydrogen (secondary N) is 1. The average molecular weight is 289 g/mol. The van der Waals surface area contributed by atoms with Crippen LogP contribution in [-0.2, 0) is 4.79 Å². The molecule has 0 saturated carbocycles. The number of aliphatic carboxylic acids is 1. The third-order valence-corrected chi connectivity index (χ3v) is 4.34. The molecule has 4 heteroatoms. The van der Waals surface area contributed by atoms with Crippen molar-refractivity contribution in [3.8, 4) is 0 Å². The molecule has 0 aromatic rings. The topological polar surface area (TPSA) is 49.3 Å². The van der Waals surface area contributed by atoms with Crippen molar-refractivity contribution in [2.24, 2.45) is 0 Å². The van der Waals surface area contributed by atoms with Gasteiger partial charge in [0.1, 0.15) is 5.54 Å². The summed E-state index contributed by atoms with van der Waals surface area (Å²) in [5.74, 6) is 1.66. The molecule has 2 N–H and O–H groups in total. The fraction of sp³-hybridized carbons (Fsp3) is 0.933.